The molecule has 0 amide bonds. The van der Waals surface area contributed by atoms with Gasteiger partial charge in [0.25, 0.3) is 0 Å². The molecule has 0 aliphatic carbocycles. The van der Waals surface area contributed by atoms with Crippen molar-refractivity contribution in [2.75, 3.05) is 43.6 Å². The van der Waals surface area contributed by atoms with Gasteiger partial charge in [-0.2, -0.15) is 4.98 Å². The van der Waals surface area contributed by atoms with Gasteiger partial charge in [-0.05, 0) is 32.8 Å². The molecule has 34 heavy (non-hydrogen) atoms. The van der Waals surface area contributed by atoms with Gasteiger partial charge in [-0.1, -0.05) is 55.9 Å². The van der Waals surface area contributed by atoms with E-state index in [4.69, 9.17) is 19.1 Å². The number of hydrogen-bond acceptors (Lipinski definition) is 7. The predicted octanol–water partition coefficient (Wildman–Crippen LogP) is 5.81. The van der Waals surface area contributed by atoms with Crippen LogP contribution in [0.4, 0.5) is 11.8 Å². The normalized spacial score (nSPS) is 16.3. The van der Waals surface area contributed by atoms with Crippen molar-refractivity contribution < 1.29 is 9.15 Å². The molecule has 3 rings (SSSR count). The average molecular weight is 464 g/mol. The Hall–Kier alpha value is -3.32. The maximum absolute atomic E-state index is 6.35. The van der Waals surface area contributed by atoms with E-state index in [9.17, 15) is 0 Å². The summed E-state index contributed by atoms with van der Waals surface area (Å²) >= 11 is 0. The molecule has 0 unspecified atom stereocenters. The van der Waals surface area contributed by atoms with Gasteiger partial charge in [-0.25, -0.2) is 4.98 Å². The van der Waals surface area contributed by atoms with Crippen molar-refractivity contribution in [3.05, 3.63) is 65.8 Å². The van der Waals surface area contributed by atoms with Crippen LogP contribution in [0.1, 0.15) is 46.3 Å². The number of rotatable bonds is 10. The highest BCUT2D eigenvalue weighted by atomic mass is 16.5. The third-order valence-corrected chi connectivity index (χ3v) is 5.36. The van der Waals surface area contributed by atoms with Crippen LogP contribution < -0.4 is 15.5 Å². The first-order chi connectivity index (χ1) is 16.6. The van der Waals surface area contributed by atoms with E-state index >= 15 is 0 Å². The Balaban J connectivity index is 2.08. The number of aromatic nitrogens is 2. The lowest BCUT2D eigenvalue weighted by molar-refractivity contribution is 0.122. The molecule has 0 aromatic carbocycles. The van der Waals surface area contributed by atoms with Crippen molar-refractivity contribution in [3.8, 4) is 0 Å². The van der Waals surface area contributed by atoms with Crippen LogP contribution in [0.15, 0.2) is 64.4 Å². The lowest BCUT2D eigenvalue weighted by atomic mass is 10.1. The molecule has 0 bridgehead atoms. The van der Waals surface area contributed by atoms with Gasteiger partial charge in [-0.3, -0.25) is 0 Å². The van der Waals surface area contributed by atoms with E-state index in [0.29, 0.717) is 24.7 Å². The van der Waals surface area contributed by atoms with Gasteiger partial charge >= 0.3 is 0 Å². The topological polar surface area (TPSA) is 75.5 Å². The van der Waals surface area contributed by atoms with Gasteiger partial charge < -0.3 is 24.7 Å². The van der Waals surface area contributed by atoms with Gasteiger partial charge in [-0.15, -0.1) is 0 Å². The van der Waals surface area contributed by atoms with Crippen molar-refractivity contribution >= 4 is 28.4 Å². The fourth-order valence-electron chi connectivity index (χ4n) is 3.71. The summed E-state index contributed by atoms with van der Waals surface area (Å²) in [5.74, 6) is 2.90. The molecule has 0 spiro atoms. The van der Waals surface area contributed by atoms with Gasteiger partial charge in [0.15, 0.2) is 11.4 Å². The molecule has 7 heteroatoms. The summed E-state index contributed by atoms with van der Waals surface area (Å²) in [6.07, 6.45) is 16.5. The zero-order valence-corrected chi connectivity index (χ0v) is 21.0. The van der Waals surface area contributed by atoms with E-state index in [1.807, 2.05) is 32.2 Å². The molecule has 1 fully saturated rings. The number of nitrogens with zero attached hydrogens (tertiary/aromatic N) is 3. The van der Waals surface area contributed by atoms with Crippen LogP contribution in [0, 0.1) is 0 Å². The minimum absolute atomic E-state index is 0.522. The monoisotopic (exact) mass is 463 g/mol. The molecule has 2 aromatic rings. The van der Waals surface area contributed by atoms with E-state index in [1.54, 1.807) is 0 Å². The molecule has 2 aromatic heterocycles. The molecule has 182 valence electrons. The highest BCUT2D eigenvalue weighted by Crippen LogP contribution is 2.32. The standard InChI is InChI=1S/C27H37N5O2/c1-6-9-10-13-21(12-8-3)23-19-22-25(34-23)26(32-14-16-33-17-15-32)31-27(29-22)30-24(28-5)18-20(4)11-7-2/h8-13,18-19,28H,6-7,14-17H2,1-5H3,(H,29,30,31)/b10-9+,12-8-,20-11-,21-13+,24-18+. The number of allylic oxidation sites excluding steroid dienone is 9. The van der Waals surface area contributed by atoms with Gasteiger partial charge in [0.05, 0.1) is 13.2 Å². The molecule has 7 nitrogen and oxygen atoms in total. The minimum atomic E-state index is 0.522. The van der Waals surface area contributed by atoms with E-state index in [0.717, 1.165) is 54.4 Å². The minimum Gasteiger partial charge on any atom is -0.450 e. The van der Waals surface area contributed by atoms with Crippen LogP contribution in [-0.4, -0.2) is 43.3 Å². The Labute approximate surface area is 203 Å². The second-order valence-electron chi connectivity index (χ2n) is 8.04. The first-order valence-corrected chi connectivity index (χ1v) is 12.1. The first-order valence-electron chi connectivity index (χ1n) is 12.1. The van der Waals surface area contributed by atoms with Crippen LogP contribution in [0.25, 0.3) is 16.7 Å². The summed E-state index contributed by atoms with van der Waals surface area (Å²) in [4.78, 5) is 11.9. The van der Waals surface area contributed by atoms with Crippen molar-refractivity contribution in [1.82, 2.24) is 15.3 Å². The van der Waals surface area contributed by atoms with Crippen LogP contribution in [0.5, 0.6) is 0 Å². The van der Waals surface area contributed by atoms with Crippen molar-refractivity contribution in [3.63, 3.8) is 0 Å². The molecule has 0 atom stereocenters. The zero-order valence-electron chi connectivity index (χ0n) is 21.0. The lowest BCUT2D eigenvalue weighted by Gasteiger charge is -2.27. The summed E-state index contributed by atoms with van der Waals surface area (Å²) < 4.78 is 11.9. The number of ether oxygens (including phenoxy) is 1. The quantitative estimate of drug-likeness (QED) is 0.430. The van der Waals surface area contributed by atoms with Gasteiger partial charge in [0, 0.05) is 31.8 Å². The molecule has 1 saturated heterocycles. The second kappa shape index (κ2) is 12.8. The Morgan fingerprint density at radius 3 is 2.65 bits per heavy atom. The number of fused-ring (bicyclic) bond motifs is 1. The molecule has 1 aliphatic rings. The summed E-state index contributed by atoms with van der Waals surface area (Å²) in [5.41, 5.74) is 3.61. The summed E-state index contributed by atoms with van der Waals surface area (Å²) in [6.45, 7) is 11.2. The van der Waals surface area contributed by atoms with Gasteiger partial charge in [0.2, 0.25) is 5.95 Å². The van der Waals surface area contributed by atoms with Crippen LogP contribution in [-0.2, 0) is 4.74 Å². The summed E-state index contributed by atoms with van der Waals surface area (Å²) in [7, 11) is 1.88. The van der Waals surface area contributed by atoms with E-state index in [1.165, 1.54) is 5.57 Å². The average Bonchev–Trinajstić information content (AvgIpc) is 3.27. The van der Waals surface area contributed by atoms with E-state index < -0.39 is 0 Å². The smallest absolute Gasteiger partial charge is 0.231 e. The molecule has 0 radical (unpaired) electrons. The molecule has 0 saturated carbocycles. The SMILES string of the molecule is C\C=C/C(=C\C=C\CC)c1cc2nc(N/C(=C/C(C)=C\CC)NC)nc(N3CCOCC3)c2o1. The maximum atomic E-state index is 6.35. The summed E-state index contributed by atoms with van der Waals surface area (Å²) in [5, 5.41) is 6.54. The number of furan rings is 1. The third kappa shape index (κ3) is 6.60. The van der Waals surface area contributed by atoms with Crippen LogP contribution in [0.2, 0.25) is 0 Å². The largest absolute Gasteiger partial charge is 0.450 e. The molecule has 3 heterocycles. The number of morpholine rings is 1. The zero-order chi connectivity index (χ0) is 24.3. The lowest BCUT2D eigenvalue weighted by Crippen LogP contribution is -2.37. The van der Waals surface area contributed by atoms with E-state index in [2.05, 4.69) is 66.7 Å². The number of hydrogen-bond donors (Lipinski definition) is 2. The highest BCUT2D eigenvalue weighted by Gasteiger charge is 2.21. The first kappa shape index (κ1) is 25.3. The van der Waals surface area contributed by atoms with Crippen LogP contribution >= 0.6 is 0 Å². The molecule has 2 N–H and O–H groups in total. The van der Waals surface area contributed by atoms with Crippen molar-refractivity contribution in [1.29, 1.82) is 0 Å². The fraction of sp³-hybridized carbons (Fsp3) is 0.407. The third-order valence-electron chi connectivity index (χ3n) is 5.36. The second-order valence-corrected chi connectivity index (χ2v) is 8.04. The predicted molar refractivity (Wildman–Crippen MR) is 142 cm³/mol. The maximum Gasteiger partial charge on any atom is 0.231 e. The Morgan fingerprint density at radius 2 is 1.97 bits per heavy atom. The summed E-state index contributed by atoms with van der Waals surface area (Å²) in [6, 6.07) is 1.99. The molecule has 1 aliphatic heterocycles. The highest BCUT2D eigenvalue weighted by molar-refractivity contribution is 5.89. The Kier molecular flexibility index (Phi) is 9.52. The number of anilines is 2. The van der Waals surface area contributed by atoms with E-state index in [-0.39, 0.29) is 0 Å². The van der Waals surface area contributed by atoms with Crippen LogP contribution in [0.3, 0.4) is 0 Å². The Bertz CT molecular complexity index is 1100. The van der Waals surface area contributed by atoms with Crippen molar-refractivity contribution in [2.45, 2.75) is 40.5 Å². The molecular weight excluding hydrogens is 426 g/mol. The van der Waals surface area contributed by atoms with Crippen molar-refractivity contribution in [2.24, 2.45) is 0 Å². The fourth-order valence-corrected chi connectivity index (χ4v) is 3.71. The molecular formula is C27H37N5O2. The van der Waals surface area contributed by atoms with Gasteiger partial charge in [0.1, 0.15) is 17.1 Å². The number of nitrogens with one attached hydrogen (secondary N) is 2. The Morgan fingerprint density at radius 1 is 1.18 bits per heavy atom.